The van der Waals surface area contributed by atoms with Gasteiger partial charge in [-0.15, -0.1) is 0 Å². The number of benzene rings is 1. The van der Waals surface area contributed by atoms with Crippen LogP contribution in [0.5, 0.6) is 0 Å². The molecule has 0 N–H and O–H groups in total. The predicted octanol–water partition coefficient (Wildman–Crippen LogP) is 2.35. The molecule has 1 aliphatic heterocycles. The number of carbonyl (C=O) groups is 3. The minimum Gasteiger partial charge on any atom is -0.463 e. The summed E-state index contributed by atoms with van der Waals surface area (Å²) in [7, 11) is 2.55. The standard InChI is InChI=1S/C19H18N2O5/c1-10(2)11-5-6-15-13(7-11)16(22)12(9-26-15)8-14-17(23)20(3)19(25)21(4)18(14)24/h5-10H,1-4H3. The molecular formula is C19H18N2O5. The van der Waals surface area contributed by atoms with Crippen LogP contribution in [0.3, 0.4) is 0 Å². The van der Waals surface area contributed by atoms with E-state index in [1.807, 2.05) is 19.9 Å². The molecule has 0 aliphatic carbocycles. The number of imide groups is 2. The van der Waals surface area contributed by atoms with Crippen molar-refractivity contribution in [2.75, 3.05) is 14.1 Å². The summed E-state index contributed by atoms with van der Waals surface area (Å²) in [5.41, 5.74) is 0.869. The number of likely N-dealkylation sites (N-methyl/N-ethyl adjacent to an activating group) is 2. The predicted molar refractivity (Wildman–Crippen MR) is 95.5 cm³/mol. The Morgan fingerprint density at radius 3 is 2.19 bits per heavy atom. The van der Waals surface area contributed by atoms with Crippen LogP contribution in [-0.4, -0.2) is 41.7 Å². The lowest BCUT2D eigenvalue weighted by Crippen LogP contribution is -2.53. The third-order valence-electron chi connectivity index (χ3n) is 4.43. The van der Waals surface area contributed by atoms with E-state index in [9.17, 15) is 19.2 Å². The lowest BCUT2D eigenvalue weighted by Gasteiger charge is -2.28. The van der Waals surface area contributed by atoms with Gasteiger partial charge in [0.25, 0.3) is 11.8 Å². The van der Waals surface area contributed by atoms with Crippen molar-refractivity contribution in [1.82, 2.24) is 9.80 Å². The first-order chi connectivity index (χ1) is 12.2. The molecule has 0 atom stereocenters. The Balaban J connectivity index is 2.16. The molecule has 2 heterocycles. The number of amides is 4. The number of hydrogen-bond acceptors (Lipinski definition) is 5. The Morgan fingerprint density at radius 1 is 1.00 bits per heavy atom. The molecule has 4 amide bonds. The van der Waals surface area contributed by atoms with Gasteiger partial charge in [-0.25, -0.2) is 4.79 Å². The quantitative estimate of drug-likeness (QED) is 0.610. The van der Waals surface area contributed by atoms with Crippen LogP contribution in [0.15, 0.2) is 39.2 Å². The molecule has 0 spiro atoms. The number of nitrogens with zero attached hydrogens (tertiary/aromatic N) is 2. The maximum absolute atomic E-state index is 12.8. The number of carbonyl (C=O) groups excluding carboxylic acids is 3. The minimum atomic E-state index is -0.756. The monoisotopic (exact) mass is 354 g/mol. The van der Waals surface area contributed by atoms with Gasteiger partial charge in [0.1, 0.15) is 17.4 Å². The fraction of sp³-hybridized carbons (Fsp3) is 0.263. The first-order valence-electron chi connectivity index (χ1n) is 8.09. The van der Waals surface area contributed by atoms with Gasteiger partial charge in [0.05, 0.1) is 10.9 Å². The largest absolute Gasteiger partial charge is 0.463 e. The van der Waals surface area contributed by atoms with Crippen molar-refractivity contribution in [3.05, 3.63) is 51.4 Å². The number of urea groups is 1. The lowest BCUT2D eigenvalue weighted by atomic mass is 10.0. The van der Waals surface area contributed by atoms with Gasteiger partial charge in [-0.3, -0.25) is 24.2 Å². The Hall–Kier alpha value is -3.22. The van der Waals surface area contributed by atoms with Crippen LogP contribution in [0.25, 0.3) is 17.0 Å². The molecule has 0 saturated carbocycles. The molecule has 1 aromatic carbocycles. The van der Waals surface area contributed by atoms with E-state index in [4.69, 9.17) is 4.42 Å². The van der Waals surface area contributed by atoms with Gasteiger partial charge in [0.2, 0.25) is 0 Å². The van der Waals surface area contributed by atoms with E-state index in [0.29, 0.717) is 11.0 Å². The van der Waals surface area contributed by atoms with Gasteiger partial charge in [0, 0.05) is 14.1 Å². The molecule has 1 aliphatic rings. The Bertz CT molecular complexity index is 1010. The molecule has 2 aromatic rings. The summed E-state index contributed by atoms with van der Waals surface area (Å²) >= 11 is 0. The Morgan fingerprint density at radius 2 is 1.62 bits per heavy atom. The first-order valence-corrected chi connectivity index (χ1v) is 8.09. The van der Waals surface area contributed by atoms with Crippen LogP contribution < -0.4 is 5.43 Å². The number of rotatable bonds is 2. The average molecular weight is 354 g/mol. The van der Waals surface area contributed by atoms with E-state index in [1.54, 1.807) is 12.1 Å². The van der Waals surface area contributed by atoms with Crippen molar-refractivity contribution in [3.8, 4) is 0 Å². The maximum atomic E-state index is 12.8. The van der Waals surface area contributed by atoms with Gasteiger partial charge < -0.3 is 4.42 Å². The average Bonchev–Trinajstić information content (AvgIpc) is 2.63. The summed E-state index contributed by atoms with van der Waals surface area (Å²) in [6.07, 6.45) is 2.39. The van der Waals surface area contributed by atoms with Crippen LogP contribution in [0.4, 0.5) is 4.79 Å². The minimum absolute atomic E-state index is 0.0752. The van der Waals surface area contributed by atoms with Gasteiger partial charge in [0.15, 0.2) is 5.43 Å². The number of barbiturate groups is 1. The molecule has 0 unspecified atom stereocenters. The van der Waals surface area contributed by atoms with Crippen molar-refractivity contribution in [2.24, 2.45) is 0 Å². The number of hydrogen-bond donors (Lipinski definition) is 0. The van der Waals surface area contributed by atoms with Crippen molar-refractivity contribution < 1.29 is 18.8 Å². The van der Waals surface area contributed by atoms with E-state index in [0.717, 1.165) is 15.4 Å². The van der Waals surface area contributed by atoms with Crippen LogP contribution in [-0.2, 0) is 9.59 Å². The van der Waals surface area contributed by atoms with Crippen molar-refractivity contribution in [2.45, 2.75) is 19.8 Å². The lowest BCUT2D eigenvalue weighted by molar-refractivity contribution is -0.134. The normalized spacial score (nSPS) is 15.4. The zero-order valence-corrected chi connectivity index (χ0v) is 14.9. The molecule has 134 valence electrons. The highest BCUT2D eigenvalue weighted by atomic mass is 16.3. The SMILES string of the molecule is CC(C)c1ccc2occ(C=C3C(=O)N(C)C(=O)N(C)C3=O)c(=O)c2c1. The third-order valence-corrected chi connectivity index (χ3v) is 4.43. The van der Waals surface area contributed by atoms with Crippen molar-refractivity contribution in [1.29, 1.82) is 0 Å². The molecule has 1 saturated heterocycles. The molecular weight excluding hydrogens is 336 g/mol. The Kier molecular flexibility index (Phi) is 4.23. The molecule has 0 bridgehead atoms. The van der Waals surface area contributed by atoms with Gasteiger partial charge in [-0.05, 0) is 29.7 Å². The summed E-state index contributed by atoms with van der Waals surface area (Å²) < 4.78 is 5.48. The molecule has 0 radical (unpaired) electrons. The van der Waals surface area contributed by atoms with Crippen molar-refractivity contribution >= 4 is 34.9 Å². The summed E-state index contributed by atoms with van der Waals surface area (Å²) in [4.78, 5) is 50.8. The highest BCUT2D eigenvalue weighted by molar-refractivity contribution is 6.30. The summed E-state index contributed by atoms with van der Waals surface area (Å²) in [5.74, 6) is -1.28. The smallest absolute Gasteiger partial charge is 0.333 e. The zero-order valence-electron chi connectivity index (χ0n) is 14.9. The Labute approximate surface area is 149 Å². The topological polar surface area (TPSA) is 87.9 Å². The maximum Gasteiger partial charge on any atom is 0.333 e. The van der Waals surface area contributed by atoms with E-state index in [-0.39, 0.29) is 22.5 Å². The van der Waals surface area contributed by atoms with Crippen molar-refractivity contribution in [3.63, 3.8) is 0 Å². The highest BCUT2D eigenvalue weighted by Gasteiger charge is 2.38. The first kappa shape index (κ1) is 17.6. The van der Waals surface area contributed by atoms with Gasteiger partial charge >= 0.3 is 6.03 Å². The van der Waals surface area contributed by atoms with Crippen LogP contribution in [0.1, 0.15) is 30.9 Å². The molecule has 1 aromatic heterocycles. The van der Waals surface area contributed by atoms with Crippen LogP contribution >= 0.6 is 0 Å². The van der Waals surface area contributed by atoms with E-state index in [1.165, 1.54) is 26.4 Å². The third kappa shape index (κ3) is 2.71. The second-order valence-electron chi connectivity index (χ2n) is 6.50. The fourth-order valence-corrected chi connectivity index (χ4v) is 2.75. The molecule has 1 fully saturated rings. The van der Waals surface area contributed by atoms with E-state index >= 15 is 0 Å². The molecule has 7 heteroatoms. The van der Waals surface area contributed by atoms with Gasteiger partial charge in [-0.2, -0.15) is 0 Å². The van der Waals surface area contributed by atoms with Crippen LogP contribution in [0.2, 0.25) is 0 Å². The highest BCUT2D eigenvalue weighted by Crippen LogP contribution is 2.21. The summed E-state index contributed by atoms with van der Waals surface area (Å²) in [6.45, 7) is 4.02. The van der Waals surface area contributed by atoms with E-state index in [2.05, 4.69) is 0 Å². The number of fused-ring (bicyclic) bond motifs is 1. The second-order valence-corrected chi connectivity index (χ2v) is 6.50. The van der Waals surface area contributed by atoms with Gasteiger partial charge in [-0.1, -0.05) is 19.9 Å². The van der Waals surface area contributed by atoms with Crippen LogP contribution in [0, 0.1) is 0 Å². The summed E-state index contributed by atoms with van der Waals surface area (Å²) in [5, 5.41) is 0.374. The molecule has 26 heavy (non-hydrogen) atoms. The van der Waals surface area contributed by atoms with E-state index < -0.39 is 17.8 Å². The zero-order chi connectivity index (χ0) is 19.2. The molecule has 7 nitrogen and oxygen atoms in total. The summed E-state index contributed by atoms with van der Waals surface area (Å²) in [6, 6.07) is 4.64. The molecule has 3 rings (SSSR count). The fourth-order valence-electron chi connectivity index (χ4n) is 2.75. The second kappa shape index (κ2) is 6.25.